The van der Waals surface area contributed by atoms with Crippen LogP contribution in [-0.2, 0) is 30.4 Å². The first-order valence-corrected chi connectivity index (χ1v) is 24.8. The number of carbonyl (C=O) groups is 2. The summed E-state index contributed by atoms with van der Waals surface area (Å²) in [7, 11) is 7.40. The molecule has 16 heteroatoms. The van der Waals surface area contributed by atoms with Crippen LogP contribution in [0.3, 0.4) is 0 Å². The van der Waals surface area contributed by atoms with Crippen LogP contribution in [0, 0.1) is 0 Å². The highest BCUT2D eigenvalue weighted by Crippen LogP contribution is 2.57. The van der Waals surface area contributed by atoms with E-state index in [1.807, 2.05) is 62.6 Å². The van der Waals surface area contributed by atoms with Crippen LogP contribution in [0.25, 0.3) is 87.2 Å². The Morgan fingerprint density at radius 2 is 0.889 bits per heavy atom. The molecule has 2 amide bonds. The van der Waals surface area contributed by atoms with Crippen LogP contribution in [0.2, 0.25) is 0 Å². The monoisotopic (exact) mass is 964 g/mol. The highest BCUT2D eigenvalue weighted by molar-refractivity contribution is 6.32. The van der Waals surface area contributed by atoms with Gasteiger partial charge in [-0.2, -0.15) is 0 Å². The van der Waals surface area contributed by atoms with Gasteiger partial charge in [0, 0.05) is 93.4 Å². The number of likely N-dealkylation sites (N-methyl/N-ethyl adjacent to an activating group) is 2. The van der Waals surface area contributed by atoms with Gasteiger partial charge in [0.2, 0.25) is 0 Å². The number of hydrogen-bond donors (Lipinski definition) is 6. The molecular formula is C56H52N8O8. The van der Waals surface area contributed by atoms with Crippen molar-refractivity contribution in [2.75, 3.05) is 28.3 Å². The Balaban J connectivity index is 0.000000128. The minimum Gasteiger partial charge on any atom is -0.375 e. The summed E-state index contributed by atoms with van der Waals surface area (Å²) >= 11 is 0. The summed E-state index contributed by atoms with van der Waals surface area (Å²) in [5, 5.41) is 42.2. The van der Waals surface area contributed by atoms with Crippen LogP contribution in [-0.4, -0.2) is 92.9 Å². The molecule has 4 aromatic heterocycles. The molecule has 0 spiro atoms. The van der Waals surface area contributed by atoms with Crippen molar-refractivity contribution in [1.29, 1.82) is 0 Å². The van der Waals surface area contributed by atoms with Crippen LogP contribution < -0.4 is 21.3 Å². The van der Waals surface area contributed by atoms with Gasteiger partial charge in [0.1, 0.15) is 24.7 Å². The number of aliphatic hydroxyl groups excluding tert-OH is 2. The van der Waals surface area contributed by atoms with Gasteiger partial charge in [0.15, 0.2) is 23.9 Å². The molecule has 10 heterocycles. The lowest BCUT2D eigenvalue weighted by Gasteiger charge is -2.48. The van der Waals surface area contributed by atoms with Crippen LogP contribution in [0.4, 0.5) is 0 Å². The van der Waals surface area contributed by atoms with Gasteiger partial charge in [-0.3, -0.25) is 9.59 Å². The van der Waals surface area contributed by atoms with E-state index in [-0.39, 0.29) is 48.6 Å². The predicted molar refractivity (Wildman–Crippen MR) is 274 cm³/mol. The average molecular weight is 965 g/mol. The zero-order valence-corrected chi connectivity index (χ0v) is 40.4. The lowest BCUT2D eigenvalue weighted by Crippen LogP contribution is -2.59. The maximum Gasteiger partial charge on any atom is 0.254 e. The Bertz CT molecular complexity index is 3830. The molecule has 6 aliphatic rings. The van der Waals surface area contributed by atoms with E-state index in [0.717, 1.165) is 87.2 Å². The first kappa shape index (κ1) is 42.8. The maximum absolute atomic E-state index is 13.4. The Morgan fingerprint density at radius 1 is 0.542 bits per heavy atom. The Labute approximate surface area is 410 Å². The molecule has 0 radical (unpaired) electrons. The Kier molecular flexibility index (Phi) is 8.57. The number of hydrogen-bond acceptors (Lipinski definition) is 10. The number of rotatable bonds is 4. The van der Waals surface area contributed by atoms with Gasteiger partial charge in [-0.25, -0.2) is 0 Å². The summed E-state index contributed by atoms with van der Waals surface area (Å²) in [6, 6.07) is 32.7. The van der Waals surface area contributed by atoms with Crippen molar-refractivity contribution in [3.63, 3.8) is 0 Å². The molecule has 0 aliphatic carbocycles. The molecule has 72 heavy (non-hydrogen) atoms. The summed E-state index contributed by atoms with van der Waals surface area (Å²) in [6.07, 6.45) is -1.88. The molecule has 2 saturated heterocycles. The highest BCUT2D eigenvalue weighted by Gasteiger charge is 2.55. The van der Waals surface area contributed by atoms with E-state index in [0.29, 0.717) is 35.1 Å². The first-order valence-electron chi connectivity index (χ1n) is 24.8. The second kappa shape index (κ2) is 14.4. The van der Waals surface area contributed by atoms with Crippen molar-refractivity contribution >= 4 is 99.0 Å². The predicted octanol–water partition coefficient (Wildman–Crippen LogP) is 7.69. The van der Waals surface area contributed by atoms with E-state index in [2.05, 4.69) is 102 Å². The molecule has 16 nitrogen and oxygen atoms in total. The van der Waals surface area contributed by atoms with Crippen molar-refractivity contribution < 1.29 is 38.7 Å². The van der Waals surface area contributed by atoms with Crippen molar-refractivity contribution in [3.05, 3.63) is 119 Å². The number of nitrogens with zero attached hydrogens (tertiary/aromatic N) is 4. The third-order valence-electron chi connectivity index (χ3n) is 17.3. The van der Waals surface area contributed by atoms with Crippen molar-refractivity contribution in [2.24, 2.45) is 0 Å². The van der Waals surface area contributed by atoms with E-state index in [1.54, 1.807) is 14.2 Å². The fourth-order valence-corrected chi connectivity index (χ4v) is 14.8. The first-order chi connectivity index (χ1) is 35.0. The van der Waals surface area contributed by atoms with Crippen LogP contribution in [0.1, 0.15) is 83.4 Å². The molecule has 364 valence electrons. The quantitative estimate of drug-likeness (QED) is 0.102. The minimum absolute atomic E-state index is 0.0289. The number of carbonyl (C=O) groups excluding carboxylic acids is 2. The van der Waals surface area contributed by atoms with Gasteiger partial charge in [-0.1, -0.05) is 72.8 Å². The van der Waals surface area contributed by atoms with Gasteiger partial charge in [-0.15, -0.1) is 0 Å². The van der Waals surface area contributed by atoms with Gasteiger partial charge >= 0.3 is 0 Å². The van der Waals surface area contributed by atoms with Crippen molar-refractivity contribution in [1.82, 2.24) is 39.5 Å². The zero-order valence-electron chi connectivity index (χ0n) is 40.4. The summed E-state index contributed by atoms with van der Waals surface area (Å²) in [6.45, 7) is 4.19. The number of methoxy groups -OCH3 is 2. The number of aliphatic hydroxyl groups is 2. The fourth-order valence-electron chi connectivity index (χ4n) is 14.8. The lowest BCUT2D eigenvalue weighted by atomic mass is 9.93. The second-order valence-corrected chi connectivity index (χ2v) is 20.5. The topological polar surface area (TPSA) is 179 Å². The highest BCUT2D eigenvalue weighted by atomic mass is 16.6. The molecule has 0 unspecified atom stereocenters. The summed E-state index contributed by atoms with van der Waals surface area (Å²) in [5.41, 5.74) is 8.50. The van der Waals surface area contributed by atoms with Gasteiger partial charge in [-0.05, 0) is 52.2 Å². The third-order valence-corrected chi connectivity index (χ3v) is 17.3. The summed E-state index contributed by atoms with van der Waals surface area (Å²) < 4.78 is 35.4. The molecule has 6 aliphatic heterocycles. The van der Waals surface area contributed by atoms with Gasteiger partial charge in [0.25, 0.3) is 11.8 Å². The van der Waals surface area contributed by atoms with Crippen LogP contribution in [0.15, 0.2) is 97.1 Å². The number of ether oxygens (including phenoxy) is 4. The lowest BCUT2D eigenvalue weighted by molar-refractivity contribution is -0.256. The van der Waals surface area contributed by atoms with Crippen molar-refractivity contribution in [2.45, 2.75) is 87.3 Å². The SMILES string of the molecule is CN[C@@H]1C[C@H]2O[C@@](C)([C@@H]1OC)n1c3ccccc3c3c4c(c5c6ccccc6n2c5c31)C(=O)N[C@H]4O.CN[C@@H]1C[C@H]2O[C@@](C)([C@@H]1OC)n1c3ccccc3c3c4c(c5c6ccccc6n2c5c31)C(=O)N[C@H]4O. The normalized spacial score (nSPS) is 28.9. The Hall–Kier alpha value is -6.86. The molecule has 0 saturated carbocycles. The van der Waals surface area contributed by atoms with E-state index in [1.165, 1.54) is 0 Å². The maximum atomic E-state index is 13.4. The Morgan fingerprint density at radius 3 is 1.25 bits per heavy atom. The number of amides is 2. The number of fused-ring (bicyclic) bond motifs is 26. The van der Waals surface area contributed by atoms with Crippen LogP contribution >= 0.6 is 0 Å². The van der Waals surface area contributed by atoms with E-state index in [9.17, 15) is 19.8 Å². The second-order valence-electron chi connectivity index (χ2n) is 20.5. The summed E-state index contributed by atoms with van der Waals surface area (Å²) in [5.74, 6) is -0.497. The van der Waals surface area contributed by atoms with E-state index in [4.69, 9.17) is 18.9 Å². The number of benzene rings is 6. The summed E-state index contributed by atoms with van der Waals surface area (Å²) in [4.78, 5) is 26.7. The molecular weight excluding hydrogens is 913 g/mol. The molecule has 4 bridgehead atoms. The molecule has 2 fully saturated rings. The molecule has 6 aromatic carbocycles. The standard InChI is InChI=1S/2C28H26N4O4/c2*1-28-25(35-3)15(29-2)12-18(36-28)31-16-10-6-4-8-13(16)19-21-22(27(34)30-26(21)33)20-14-9-5-7-11-17(14)32(28)24(20)23(19)31/h2*4-11,15,18,25,27,29,34H,12H2,1-3H3,(H,30,33)/t2*15-,18-,25-,27+,28+/m11/s1. The average Bonchev–Trinajstić information content (AvgIpc) is 4.20. The largest absolute Gasteiger partial charge is 0.375 e. The van der Waals surface area contributed by atoms with Crippen molar-refractivity contribution in [3.8, 4) is 0 Å². The molecule has 10 atom stereocenters. The van der Waals surface area contributed by atoms with Crippen LogP contribution in [0.5, 0.6) is 0 Å². The van der Waals surface area contributed by atoms with Gasteiger partial charge < -0.3 is 68.7 Å². The molecule has 6 N–H and O–H groups in total. The number of para-hydroxylation sites is 4. The molecule has 10 aromatic rings. The van der Waals surface area contributed by atoms with E-state index >= 15 is 0 Å². The fraction of sp³-hybridized carbons (Fsp3) is 0.321. The third kappa shape index (κ3) is 4.90. The smallest absolute Gasteiger partial charge is 0.254 e. The zero-order chi connectivity index (χ0) is 49.0. The van der Waals surface area contributed by atoms with E-state index < -0.39 is 23.9 Å². The molecule has 16 rings (SSSR count). The van der Waals surface area contributed by atoms with Gasteiger partial charge in [0.05, 0.1) is 55.3 Å². The number of aromatic nitrogens is 4. The number of nitrogens with one attached hydrogen (secondary N) is 4. The minimum atomic E-state index is -1.09.